The second kappa shape index (κ2) is 6.14. The number of aromatic nitrogens is 1. The molecule has 0 unspecified atom stereocenters. The largest absolute Gasteiger partial charge is 0.356 e. The summed E-state index contributed by atoms with van der Waals surface area (Å²) in [6.45, 7) is 4.31. The molecule has 1 aromatic heterocycles. The van der Waals surface area contributed by atoms with E-state index in [4.69, 9.17) is 10.7 Å². The van der Waals surface area contributed by atoms with Crippen molar-refractivity contribution in [3.63, 3.8) is 0 Å². The van der Waals surface area contributed by atoms with Gasteiger partial charge in [-0.1, -0.05) is 13.0 Å². The van der Waals surface area contributed by atoms with Gasteiger partial charge in [0.1, 0.15) is 12.0 Å². The zero-order valence-corrected chi connectivity index (χ0v) is 11.0. The molecule has 0 aliphatic carbocycles. The van der Waals surface area contributed by atoms with Crippen molar-refractivity contribution in [1.29, 1.82) is 0 Å². The lowest BCUT2D eigenvalue weighted by molar-refractivity contribution is 0.276. The number of pyridine rings is 1. The van der Waals surface area contributed by atoms with Crippen molar-refractivity contribution in [2.45, 2.75) is 38.8 Å². The minimum absolute atomic E-state index is 0.619. The van der Waals surface area contributed by atoms with E-state index in [1.807, 2.05) is 6.07 Å². The molecule has 0 aromatic carbocycles. The van der Waals surface area contributed by atoms with E-state index in [1.54, 1.807) is 0 Å². The molecule has 2 N–H and O–H groups in total. The third-order valence-corrected chi connectivity index (χ3v) is 3.55. The van der Waals surface area contributed by atoms with Gasteiger partial charge in [-0.2, -0.15) is 0 Å². The van der Waals surface area contributed by atoms with Gasteiger partial charge in [0.05, 0.1) is 0 Å². The summed E-state index contributed by atoms with van der Waals surface area (Å²) in [5.41, 5.74) is 7.97. The summed E-state index contributed by atoms with van der Waals surface area (Å²) in [7, 11) is 0. The Labute approximate surface area is 108 Å². The first-order valence-corrected chi connectivity index (χ1v) is 6.82. The number of rotatable bonds is 4. The highest BCUT2D eigenvalue weighted by molar-refractivity contribution is 5.42. The van der Waals surface area contributed by atoms with E-state index in [0.29, 0.717) is 19.4 Å². The molecule has 2 rings (SSSR count). The van der Waals surface area contributed by atoms with Gasteiger partial charge in [0.25, 0.3) is 0 Å². The molecule has 1 fully saturated rings. The number of hydrogen-bond acceptors (Lipinski definition) is 3. The van der Waals surface area contributed by atoms with E-state index < -0.39 is 6.17 Å². The molecule has 3 nitrogen and oxygen atoms in total. The molecule has 0 atom stereocenters. The van der Waals surface area contributed by atoms with Crippen molar-refractivity contribution >= 4 is 5.82 Å². The summed E-state index contributed by atoms with van der Waals surface area (Å²) in [6, 6.07) is 4.16. The van der Waals surface area contributed by atoms with Crippen LogP contribution in [0.15, 0.2) is 12.1 Å². The Kier molecular flexibility index (Phi) is 4.53. The number of piperidine rings is 1. The van der Waals surface area contributed by atoms with Crippen molar-refractivity contribution < 1.29 is 4.39 Å². The number of nitrogens with two attached hydrogens (primary N) is 1. The molecule has 1 aromatic rings. The molecule has 1 aliphatic heterocycles. The highest BCUT2D eigenvalue weighted by Gasteiger charge is 2.19. The maximum Gasteiger partial charge on any atom is 0.128 e. The van der Waals surface area contributed by atoms with Gasteiger partial charge >= 0.3 is 0 Å². The van der Waals surface area contributed by atoms with Gasteiger partial charge in [0, 0.05) is 18.8 Å². The van der Waals surface area contributed by atoms with E-state index in [2.05, 4.69) is 17.9 Å². The smallest absolute Gasteiger partial charge is 0.128 e. The lowest BCUT2D eigenvalue weighted by atomic mass is 10.1. The van der Waals surface area contributed by atoms with Gasteiger partial charge in [-0.15, -0.1) is 0 Å². The van der Waals surface area contributed by atoms with Crippen molar-refractivity contribution in [3.8, 4) is 0 Å². The summed E-state index contributed by atoms with van der Waals surface area (Å²) >= 11 is 0. The fourth-order valence-corrected chi connectivity index (χ4v) is 2.46. The molecular weight excluding hydrogens is 229 g/mol. The minimum atomic E-state index is -0.636. The summed E-state index contributed by atoms with van der Waals surface area (Å²) in [5.74, 6) is 0.986. The Balaban J connectivity index is 2.14. The van der Waals surface area contributed by atoms with Crippen LogP contribution in [0, 0.1) is 0 Å². The van der Waals surface area contributed by atoms with Crippen molar-refractivity contribution in [3.05, 3.63) is 23.4 Å². The van der Waals surface area contributed by atoms with Gasteiger partial charge < -0.3 is 10.6 Å². The van der Waals surface area contributed by atoms with Crippen LogP contribution >= 0.6 is 0 Å². The molecule has 0 bridgehead atoms. The van der Waals surface area contributed by atoms with Crippen molar-refractivity contribution in [2.24, 2.45) is 5.73 Å². The fourth-order valence-electron chi connectivity index (χ4n) is 2.46. The van der Waals surface area contributed by atoms with E-state index in [1.165, 1.54) is 5.56 Å². The van der Waals surface area contributed by atoms with Gasteiger partial charge in [0.15, 0.2) is 0 Å². The Bertz CT molecular complexity index is 387. The van der Waals surface area contributed by atoms with Crippen LogP contribution < -0.4 is 10.6 Å². The van der Waals surface area contributed by atoms with E-state index in [9.17, 15) is 4.39 Å². The maximum atomic E-state index is 13.1. The Morgan fingerprint density at radius 2 is 2.11 bits per heavy atom. The molecular formula is C14H22FN3. The molecule has 1 aliphatic rings. The summed E-state index contributed by atoms with van der Waals surface area (Å²) < 4.78 is 13.1. The third kappa shape index (κ3) is 2.99. The van der Waals surface area contributed by atoms with Gasteiger partial charge in [-0.3, -0.25) is 0 Å². The zero-order chi connectivity index (χ0) is 13.0. The quantitative estimate of drug-likeness (QED) is 0.891. The van der Waals surface area contributed by atoms with Crippen LogP contribution in [0.1, 0.15) is 31.0 Å². The maximum absolute atomic E-state index is 13.1. The number of alkyl halides is 1. The first-order valence-electron chi connectivity index (χ1n) is 6.82. The Morgan fingerprint density at radius 1 is 1.39 bits per heavy atom. The molecule has 18 heavy (non-hydrogen) atoms. The molecule has 0 amide bonds. The predicted molar refractivity (Wildman–Crippen MR) is 72.7 cm³/mol. The zero-order valence-electron chi connectivity index (χ0n) is 11.0. The minimum Gasteiger partial charge on any atom is -0.356 e. The van der Waals surface area contributed by atoms with Crippen LogP contribution in [0.5, 0.6) is 0 Å². The van der Waals surface area contributed by atoms with Gasteiger partial charge in [0.2, 0.25) is 0 Å². The summed E-state index contributed by atoms with van der Waals surface area (Å²) in [5, 5.41) is 0. The molecule has 0 spiro atoms. The number of halogens is 1. The van der Waals surface area contributed by atoms with Crippen LogP contribution in [0.25, 0.3) is 0 Å². The van der Waals surface area contributed by atoms with E-state index in [0.717, 1.165) is 37.4 Å². The lowest BCUT2D eigenvalue weighted by Gasteiger charge is -2.30. The first-order chi connectivity index (χ1) is 8.74. The van der Waals surface area contributed by atoms with Gasteiger partial charge in [-0.25, -0.2) is 9.37 Å². The highest BCUT2D eigenvalue weighted by Crippen LogP contribution is 2.21. The van der Waals surface area contributed by atoms with Crippen molar-refractivity contribution in [1.82, 2.24) is 4.98 Å². The molecule has 0 saturated carbocycles. The van der Waals surface area contributed by atoms with Crippen LogP contribution in [-0.4, -0.2) is 30.8 Å². The molecule has 4 heteroatoms. The highest BCUT2D eigenvalue weighted by atomic mass is 19.1. The van der Waals surface area contributed by atoms with Gasteiger partial charge in [-0.05, 0) is 43.9 Å². The average molecular weight is 251 g/mol. The lowest BCUT2D eigenvalue weighted by Crippen LogP contribution is -2.35. The molecule has 0 radical (unpaired) electrons. The first kappa shape index (κ1) is 13.3. The fraction of sp³-hybridized carbons (Fsp3) is 0.643. The number of hydrogen-bond donors (Lipinski definition) is 1. The standard InChI is InChI=1S/C14H22FN3/c1-2-13-11(5-8-16)3-4-14(17-13)18-9-6-12(15)7-10-18/h3-4,12H,2,5-10,16H2,1H3. The van der Waals surface area contributed by atoms with Crippen LogP contribution in [0.4, 0.5) is 10.2 Å². The normalized spacial score (nSPS) is 17.2. The molecule has 100 valence electrons. The second-order valence-corrected chi connectivity index (χ2v) is 4.83. The van der Waals surface area contributed by atoms with E-state index >= 15 is 0 Å². The van der Waals surface area contributed by atoms with E-state index in [-0.39, 0.29) is 0 Å². The van der Waals surface area contributed by atoms with Crippen LogP contribution in [0.2, 0.25) is 0 Å². The number of aryl methyl sites for hydroxylation is 1. The molecule has 1 saturated heterocycles. The summed E-state index contributed by atoms with van der Waals surface area (Å²) in [4.78, 5) is 6.89. The molecule has 2 heterocycles. The second-order valence-electron chi connectivity index (χ2n) is 4.83. The van der Waals surface area contributed by atoms with Crippen LogP contribution in [-0.2, 0) is 12.8 Å². The Hall–Kier alpha value is -1.16. The number of nitrogens with zero attached hydrogens (tertiary/aromatic N) is 2. The SMILES string of the molecule is CCc1nc(N2CCC(F)CC2)ccc1CCN. The average Bonchev–Trinajstić information content (AvgIpc) is 2.40. The van der Waals surface area contributed by atoms with Crippen molar-refractivity contribution in [2.75, 3.05) is 24.5 Å². The topological polar surface area (TPSA) is 42.2 Å². The number of anilines is 1. The predicted octanol–water partition coefficient (Wildman–Crippen LogP) is 2.08. The van der Waals surface area contributed by atoms with Crippen LogP contribution in [0.3, 0.4) is 0 Å². The monoisotopic (exact) mass is 251 g/mol. The third-order valence-electron chi connectivity index (χ3n) is 3.55. The Morgan fingerprint density at radius 3 is 2.72 bits per heavy atom. The summed E-state index contributed by atoms with van der Waals surface area (Å²) in [6.07, 6.45) is 2.40.